The standard InChI is InChI=1S/C17H19ClNO2.BrH/c1-12(20)21-17-9-6-13(10-16(17)18)11-19(2)14-4-3-5-15(19)8-7-14;/h6,9-10,14-15H,4,7-8,11H2,1-2H3;1H/q+1;/p-1/t14-,15+,19?;/m1./s1. The van der Waals surface area contributed by atoms with Gasteiger partial charge in [-0.3, -0.25) is 4.79 Å². The Morgan fingerprint density at radius 2 is 2.23 bits per heavy atom. The number of nitrogens with zero attached hydrogens (tertiary/aromatic N) is 1. The number of benzene rings is 1. The molecule has 1 unspecified atom stereocenters. The first-order valence-corrected chi connectivity index (χ1v) is 7.67. The molecule has 118 valence electrons. The number of carbonyl (C=O) groups excluding carboxylic acids is 1. The van der Waals surface area contributed by atoms with E-state index in [1.165, 1.54) is 25.3 Å². The molecule has 0 radical (unpaired) electrons. The van der Waals surface area contributed by atoms with E-state index in [0.29, 0.717) is 22.9 Å². The molecule has 0 spiro atoms. The first-order valence-electron chi connectivity index (χ1n) is 7.29. The molecule has 1 aromatic carbocycles. The number of hydrogen-bond acceptors (Lipinski definition) is 2. The van der Waals surface area contributed by atoms with Crippen molar-refractivity contribution in [2.75, 3.05) is 7.05 Å². The number of esters is 1. The summed E-state index contributed by atoms with van der Waals surface area (Å²) in [7, 11) is 2.30. The summed E-state index contributed by atoms with van der Waals surface area (Å²) in [5, 5.41) is 0.491. The largest absolute Gasteiger partial charge is 1.00 e. The van der Waals surface area contributed by atoms with E-state index in [4.69, 9.17) is 16.3 Å². The van der Waals surface area contributed by atoms with E-state index in [1.807, 2.05) is 12.1 Å². The van der Waals surface area contributed by atoms with Crippen molar-refractivity contribution in [3.05, 3.63) is 28.8 Å². The Labute approximate surface area is 146 Å². The minimum absolute atomic E-state index is 0. The third kappa shape index (κ3) is 3.17. The van der Waals surface area contributed by atoms with Gasteiger partial charge in [0.25, 0.3) is 0 Å². The Morgan fingerprint density at radius 1 is 1.45 bits per heavy atom. The van der Waals surface area contributed by atoms with Crippen LogP contribution in [0.4, 0.5) is 0 Å². The fourth-order valence-electron chi connectivity index (χ4n) is 3.53. The number of rotatable bonds is 3. The summed E-state index contributed by atoms with van der Waals surface area (Å²) in [6.07, 6.45) is 3.42. The summed E-state index contributed by atoms with van der Waals surface area (Å²) in [5.41, 5.74) is 1.17. The lowest BCUT2D eigenvalue weighted by molar-refractivity contribution is -0.949. The lowest BCUT2D eigenvalue weighted by atomic mass is 10.1. The van der Waals surface area contributed by atoms with Gasteiger partial charge in [-0.2, -0.15) is 0 Å². The van der Waals surface area contributed by atoms with Crippen molar-refractivity contribution in [3.8, 4) is 17.6 Å². The minimum atomic E-state index is -0.354. The second kappa shape index (κ2) is 6.62. The summed E-state index contributed by atoms with van der Waals surface area (Å²) in [6, 6.07) is 6.75. The highest BCUT2D eigenvalue weighted by atomic mass is 79.9. The van der Waals surface area contributed by atoms with Crippen molar-refractivity contribution in [1.29, 1.82) is 0 Å². The van der Waals surface area contributed by atoms with Crippen LogP contribution in [0.3, 0.4) is 0 Å². The third-order valence-electron chi connectivity index (χ3n) is 4.70. The Kier molecular flexibility index (Phi) is 5.21. The maximum absolute atomic E-state index is 11.0. The van der Waals surface area contributed by atoms with Crippen molar-refractivity contribution in [2.24, 2.45) is 0 Å². The molecule has 0 aliphatic carbocycles. The van der Waals surface area contributed by atoms with Gasteiger partial charge in [0.05, 0.1) is 18.5 Å². The molecule has 0 amide bonds. The molecule has 1 aromatic rings. The van der Waals surface area contributed by atoms with Crippen molar-refractivity contribution < 1.29 is 31.0 Å². The molecule has 3 atom stereocenters. The van der Waals surface area contributed by atoms with Crippen molar-refractivity contribution in [2.45, 2.75) is 44.8 Å². The van der Waals surface area contributed by atoms with Crippen LogP contribution in [-0.4, -0.2) is 29.6 Å². The number of quaternary nitrogens is 1. The average molecular weight is 385 g/mol. The average Bonchev–Trinajstić information content (AvgIpc) is 2.63. The van der Waals surface area contributed by atoms with E-state index < -0.39 is 0 Å². The number of carbonyl (C=O) groups is 1. The van der Waals surface area contributed by atoms with E-state index >= 15 is 0 Å². The van der Waals surface area contributed by atoms with Crippen LogP contribution in [0.15, 0.2) is 18.2 Å². The second-order valence-corrected chi connectivity index (χ2v) is 6.54. The number of halogens is 2. The summed E-state index contributed by atoms with van der Waals surface area (Å²) in [4.78, 5) is 11.0. The highest BCUT2D eigenvalue weighted by molar-refractivity contribution is 6.32. The molecule has 1 saturated heterocycles. The van der Waals surface area contributed by atoms with Gasteiger partial charge < -0.3 is 26.2 Å². The number of ether oxygens (including phenoxy) is 1. The molecule has 2 aliphatic rings. The summed E-state index contributed by atoms with van der Waals surface area (Å²) in [5.74, 6) is 6.75. The zero-order valence-electron chi connectivity index (χ0n) is 12.7. The van der Waals surface area contributed by atoms with Gasteiger partial charge in [0, 0.05) is 25.3 Å². The number of fused-ring (bicyclic) bond motifs is 2. The Morgan fingerprint density at radius 3 is 2.86 bits per heavy atom. The Hall–Kier alpha value is -1.02. The Balaban J connectivity index is 0.00000176. The minimum Gasteiger partial charge on any atom is -1.00 e. The molecule has 2 aliphatic heterocycles. The van der Waals surface area contributed by atoms with Crippen LogP contribution >= 0.6 is 11.6 Å². The second-order valence-electron chi connectivity index (χ2n) is 6.14. The molecule has 2 heterocycles. The molecule has 0 saturated carbocycles. The lowest BCUT2D eigenvalue weighted by Gasteiger charge is -2.40. The van der Waals surface area contributed by atoms with Crippen LogP contribution in [0, 0.1) is 11.8 Å². The molecule has 5 heteroatoms. The zero-order valence-corrected chi connectivity index (χ0v) is 15.1. The van der Waals surface area contributed by atoms with E-state index in [0.717, 1.165) is 17.4 Å². The molecular formula is C17H19BrClNO2. The van der Waals surface area contributed by atoms with Gasteiger partial charge in [0.15, 0.2) is 6.04 Å². The van der Waals surface area contributed by atoms with Crippen LogP contribution in [0.1, 0.15) is 31.7 Å². The van der Waals surface area contributed by atoms with Crippen molar-refractivity contribution >= 4 is 17.6 Å². The predicted molar refractivity (Wildman–Crippen MR) is 81.9 cm³/mol. The molecule has 0 N–H and O–H groups in total. The first kappa shape index (κ1) is 17.3. The molecule has 0 aromatic heterocycles. The van der Waals surface area contributed by atoms with E-state index in [9.17, 15) is 4.79 Å². The van der Waals surface area contributed by atoms with E-state index in [2.05, 4.69) is 18.9 Å². The van der Waals surface area contributed by atoms with Crippen molar-refractivity contribution in [1.82, 2.24) is 0 Å². The molecule has 1 fully saturated rings. The fourth-order valence-corrected chi connectivity index (χ4v) is 3.77. The highest BCUT2D eigenvalue weighted by Crippen LogP contribution is 2.38. The zero-order chi connectivity index (χ0) is 15.0. The van der Waals surface area contributed by atoms with Crippen LogP contribution in [0.2, 0.25) is 5.02 Å². The molecule has 3 nitrogen and oxygen atoms in total. The van der Waals surface area contributed by atoms with Gasteiger partial charge >= 0.3 is 5.97 Å². The maximum atomic E-state index is 11.0. The summed E-state index contributed by atoms with van der Waals surface area (Å²) < 4.78 is 6.05. The van der Waals surface area contributed by atoms with Crippen LogP contribution in [0.5, 0.6) is 5.75 Å². The van der Waals surface area contributed by atoms with Crippen LogP contribution in [-0.2, 0) is 11.3 Å². The summed E-state index contributed by atoms with van der Waals surface area (Å²) >= 11 is 6.21. The predicted octanol–water partition coefficient (Wildman–Crippen LogP) is 0.154. The normalized spacial score (nSPS) is 28.3. The highest BCUT2D eigenvalue weighted by Gasteiger charge is 2.46. The molecule has 22 heavy (non-hydrogen) atoms. The van der Waals surface area contributed by atoms with E-state index in [-0.39, 0.29) is 23.0 Å². The van der Waals surface area contributed by atoms with Gasteiger partial charge in [-0.25, -0.2) is 0 Å². The maximum Gasteiger partial charge on any atom is 0.308 e. The molecular weight excluding hydrogens is 366 g/mol. The molecule has 2 bridgehead atoms. The SMILES string of the molecule is CC(=O)Oc1ccc(C[N+]2(C)[C@@H]3CC#C[C@H]2CC3)cc1Cl.[Br-]. The summed E-state index contributed by atoms with van der Waals surface area (Å²) in [6.45, 7) is 2.30. The van der Waals surface area contributed by atoms with Gasteiger partial charge in [-0.15, -0.1) is 0 Å². The van der Waals surface area contributed by atoms with Crippen molar-refractivity contribution in [3.63, 3.8) is 0 Å². The van der Waals surface area contributed by atoms with Gasteiger partial charge in [0.2, 0.25) is 0 Å². The monoisotopic (exact) mass is 383 g/mol. The van der Waals surface area contributed by atoms with Gasteiger partial charge in [-0.05, 0) is 24.1 Å². The Bertz CT molecular complexity index is 652. The fraction of sp³-hybridized carbons (Fsp3) is 0.471. The first-order chi connectivity index (χ1) is 9.99. The van der Waals surface area contributed by atoms with Gasteiger partial charge in [0.1, 0.15) is 18.3 Å². The third-order valence-corrected chi connectivity index (χ3v) is 4.99. The van der Waals surface area contributed by atoms with E-state index in [1.54, 1.807) is 6.07 Å². The van der Waals surface area contributed by atoms with Crippen LogP contribution in [0.25, 0.3) is 0 Å². The molecule has 3 rings (SSSR count). The number of hydrogen-bond donors (Lipinski definition) is 0. The van der Waals surface area contributed by atoms with Gasteiger partial charge in [-0.1, -0.05) is 17.5 Å². The lowest BCUT2D eigenvalue weighted by Crippen LogP contribution is -3.00. The van der Waals surface area contributed by atoms with Crippen LogP contribution < -0.4 is 21.7 Å². The smallest absolute Gasteiger partial charge is 0.308 e. The topological polar surface area (TPSA) is 26.3 Å². The quantitative estimate of drug-likeness (QED) is 0.321.